The van der Waals surface area contributed by atoms with Gasteiger partial charge in [-0.1, -0.05) is 37.5 Å². The first-order valence-corrected chi connectivity index (χ1v) is 13.1. The number of rotatable bonds is 8. The number of fused-ring (bicyclic) bond motifs is 1. The predicted molar refractivity (Wildman–Crippen MR) is 144 cm³/mol. The number of aromatic amines is 1. The van der Waals surface area contributed by atoms with Gasteiger partial charge < -0.3 is 19.4 Å². The molecular formula is C29H28N6O4. The van der Waals surface area contributed by atoms with E-state index in [4.69, 9.17) is 9.40 Å². The largest absolute Gasteiger partial charge is 0.480 e. The van der Waals surface area contributed by atoms with Crippen molar-refractivity contribution in [2.24, 2.45) is 0 Å². The van der Waals surface area contributed by atoms with Crippen LogP contribution in [0.25, 0.3) is 33.8 Å². The fourth-order valence-electron chi connectivity index (χ4n) is 5.41. The van der Waals surface area contributed by atoms with Gasteiger partial charge in [0, 0.05) is 23.6 Å². The summed E-state index contributed by atoms with van der Waals surface area (Å²) in [6, 6.07) is 13.8. The summed E-state index contributed by atoms with van der Waals surface area (Å²) in [6.07, 6.45) is 10.6. The van der Waals surface area contributed by atoms with E-state index in [1.165, 1.54) is 25.6 Å². The van der Waals surface area contributed by atoms with E-state index in [9.17, 15) is 14.7 Å². The Bertz CT molecular complexity index is 1600. The molecule has 10 heteroatoms. The summed E-state index contributed by atoms with van der Waals surface area (Å²) in [5, 5.41) is 19.2. The molecule has 5 aromatic rings. The average molecular weight is 525 g/mol. The number of carboxylic acid groups (broad SMARTS) is 1. The molecule has 1 saturated carbocycles. The molecule has 3 heterocycles. The number of carboxylic acids is 1. The van der Waals surface area contributed by atoms with Crippen LogP contribution >= 0.6 is 0 Å². The lowest BCUT2D eigenvalue weighted by Gasteiger charge is -2.25. The minimum Gasteiger partial charge on any atom is -0.480 e. The van der Waals surface area contributed by atoms with Gasteiger partial charge in [-0.2, -0.15) is 5.10 Å². The van der Waals surface area contributed by atoms with Crippen molar-refractivity contribution >= 4 is 22.9 Å². The van der Waals surface area contributed by atoms with Crippen LogP contribution < -0.4 is 5.32 Å². The van der Waals surface area contributed by atoms with Crippen LogP contribution in [0.2, 0.25) is 0 Å². The highest BCUT2D eigenvalue weighted by atomic mass is 16.4. The summed E-state index contributed by atoms with van der Waals surface area (Å²) in [4.78, 5) is 34.3. The number of carbonyl (C=O) groups is 2. The zero-order valence-electron chi connectivity index (χ0n) is 21.2. The van der Waals surface area contributed by atoms with Gasteiger partial charge in [-0.3, -0.25) is 9.89 Å². The highest BCUT2D eigenvalue weighted by molar-refractivity contribution is 5.99. The van der Waals surface area contributed by atoms with Crippen LogP contribution in [0.15, 0.2) is 71.8 Å². The Labute approximate surface area is 224 Å². The second kappa shape index (κ2) is 10.6. The highest BCUT2D eigenvalue weighted by Crippen LogP contribution is 2.36. The van der Waals surface area contributed by atoms with E-state index in [0.29, 0.717) is 22.9 Å². The van der Waals surface area contributed by atoms with Gasteiger partial charge in [-0.15, -0.1) is 0 Å². The molecule has 6 rings (SSSR count). The molecule has 3 N–H and O–H groups in total. The minimum absolute atomic E-state index is 0.117. The quantitative estimate of drug-likeness (QED) is 0.259. The number of hydrogen-bond acceptors (Lipinski definition) is 6. The fraction of sp³-hybridized carbons (Fsp3) is 0.276. The van der Waals surface area contributed by atoms with Gasteiger partial charge in [-0.25, -0.2) is 14.8 Å². The Morgan fingerprint density at radius 2 is 1.97 bits per heavy atom. The van der Waals surface area contributed by atoms with Gasteiger partial charge >= 0.3 is 5.97 Å². The lowest BCUT2D eigenvalue weighted by atomic mass is 9.95. The van der Waals surface area contributed by atoms with Gasteiger partial charge in [-0.05, 0) is 48.7 Å². The Morgan fingerprint density at radius 3 is 2.72 bits per heavy atom. The number of carbonyl (C=O) groups excluding carboxylic acids is 1. The van der Waals surface area contributed by atoms with Gasteiger partial charge in [0.05, 0.1) is 22.9 Å². The van der Waals surface area contributed by atoms with E-state index in [2.05, 4.69) is 25.1 Å². The molecule has 0 bridgehead atoms. The number of H-pyrrole nitrogens is 1. The molecule has 39 heavy (non-hydrogen) atoms. The summed E-state index contributed by atoms with van der Waals surface area (Å²) in [5.41, 5.74) is 4.43. The fourth-order valence-corrected chi connectivity index (χ4v) is 5.41. The molecule has 3 aromatic heterocycles. The van der Waals surface area contributed by atoms with Crippen LogP contribution in [0.5, 0.6) is 0 Å². The maximum absolute atomic E-state index is 13.2. The monoisotopic (exact) mass is 524 g/mol. The van der Waals surface area contributed by atoms with Crippen molar-refractivity contribution in [1.82, 2.24) is 30.0 Å². The van der Waals surface area contributed by atoms with E-state index < -0.39 is 17.9 Å². The number of nitrogens with one attached hydrogen (secondary N) is 2. The van der Waals surface area contributed by atoms with Gasteiger partial charge in [0.2, 0.25) is 0 Å². The second-order valence-electron chi connectivity index (χ2n) is 9.92. The molecule has 0 radical (unpaired) electrons. The SMILES string of the molecule is O=C(N[C@@H](Cc1cccc(-c2ncn[nH]2)c1)C(=O)O)c1ccc2c(c1)nc(-c1ccoc1)n2C1CCCCC1. The van der Waals surface area contributed by atoms with Crippen molar-refractivity contribution in [3.63, 3.8) is 0 Å². The van der Waals surface area contributed by atoms with Crippen molar-refractivity contribution in [2.75, 3.05) is 0 Å². The van der Waals surface area contributed by atoms with Crippen LogP contribution in [0.3, 0.4) is 0 Å². The molecule has 198 valence electrons. The second-order valence-corrected chi connectivity index (χ2v) is 9.92. The predicted octanol–water partition coefficient (Wildman–Crippen LogP) is 5.01. The summed E-state index contributed by atoms with van der Waals surface area (Å²) in [6.45, 7) is 0. The van der Waals surface area contributed by atoms with Crippen LogP contribution in [0.1, 0.15) is 54.1 Å². The first kappa shape index (κ1) is 24.6. The molecule has 2 aromatic carbocycles. The molecule has 0 aliphatic heterocycles. The maximum Gasteiger partial charge on any atom is 0.326 e. The number of nitrogens with zero attached hydrogens (tertiary/aromatic N) is 4. The molecule has 1 fully saturated rings. The highest BCUT2D eigenvalue weighted by Gasteiger charge is 2.25. The van der Waals surface area contributed by atoms with Gasteiger partial charge in [0.15, 0.2) is 5.82 Å². The van der Waals surface area contributed by atoms with Crippen molar-refractivity contribution in [3.05, 3.63) is 78.5 Å². The molecule has 0 unspecified atom stereocenters. The Kier molecular flexibility index (Phi) is 6.66. The zero-order valence-corrected chi connectivity index (χ0v) is 21.2. The smallest absolute Gasteiger partial charge is 0.326 e. The molecule has 10 nitrogen and oxygen atoms in total. The van der Waals surface area contributed by atoms with Crippen molar-refractivity contribution in [2.45, 2.75) is 50.6 Å². The molecule has 1 amide bonds. The summed E-state index contributed by atoms with van der Waals surface area (Å²) in [5.74, 6) is -0.173. The Balaban J connectivity index is 1.26. The number of benzene rings is 2. The van der Waals surface area contributed by atoms with Crippen molar-refractivity contribution in [1.29, 1.82) is 0 Å². The number of amides is 1. The topological polar surface area (TPSA) is 139 Å². The zero-order chi connectivity index (χ0) is 26.8. The minimum atomic E-state index is -1.11. The molecule has 0 saturated heterocycles. The Morgan fingerprint density at radius 1 is 1.10 bits per heavy atom. The molecule has 1 aliphatic rings. The van der Waals surface area contributed by atoms with Gasteiger partial charge in [0.1, 0.15) is 24.5 Å². The molecule has 1 atom stereocenters. The standard InChI is InChI=1S/C29H28N6O4/c36-28(33-24(29(37)38)14-18-5-4-6-19(13-18)26-30-17-31-34-26)20-9-10-25-23(15-20)32-27(21-11-12-39-16-21)35(25)22-7-2-1-3-8-22/h4-6,9-13,15-17,22,24H,1-3,7-8,14H2,(H,33,36)(H,37,38)(H,30,31,34)/t24-/m0/s1. The van der Waals surface area contributed by atoms with Crippen molar-refractivity contribution in [3.8, 4) is 22.8 Å². The first-order chi connectivity index (χ1) is 19.1. The van der Waals surface area contributed by atoms with E-state index in [1.807, 2.05) is 36.4 Å². The summed E-state index contributed by atoms with van der Waals surface area (Å²) < 4.78 is 7.60. The third-order valence-electron chi connectivity index (χ3n) is 7.33. The van der Waals surface area contributed by atoms with E-state index >= 15 is 0 Å². The molecule has 0 spiro atoms. The Hall–Kier alpha value is -4.73. The summed E-state index contributed by atoms with van der Waals surface area (Å²) >= 11 is 0. The summed E-state index contributed by atoms with van der Waals surface area (Å²) in [7, 11) is 0. The lowest BCUT2D eigenvalue weighted by molar-refractivity contribution is -0.139. The van der Waals surface area contributed by atoms with Gasteiger partial charge in [0.25, 0.3) is 5.91 Å². The van der Waals surface area contributed by atoms with Crippen LogP contribution in [0, 0.1) is 0 Å². The number of hydrogen-bond donors (Lipinski definition) is 3. The van der Waals surface area contributed by atoms with E-state index in [1.54, 1.807) is 24.7 Å². The normalized spacial score (nSPS) is 14.9. The number of furan rings is 1. The van der Waals surface area contributed by atoms with E-state index in [-0.39, 0.29) is 6.42 Å². The first-order valence-electron chi connectivity index (χ1n) is 13.1. The van der Waals surface area contributed by atoms with Crippen molar-refractivity contribution < 1.29 is 19.1 Å². The molecular weight excluding hydrogens is 496 g/mol. The number of aromatic nitrogens is 5. The lowest BCUT2D eigenvalue weighted by Crippen LogP contribution is -2.42. The third kappa shape index (κ3) is 5.05. The van der Waals surface area contributed by atoms with E-state index in [0.717, 1.165) is 40.9 Å². The number of imidazole rings is 1. The average Bonchev–Trinajstić information content (AvgIpc) is 3.74. The third-order valence-corrected chi connectivity index (χ3v) is 7.33. The van der Waals surface area contributed by atoms with Crippen LogP contribution in [-0.4, -0.2) is 47.8 Å². The maximum atomic E-state index is 13.2. The molecule has 1 aliphatic carbocycles. The van der Waals surface area contributed by atoms with Crippen LogP contribution in [-0.2, 0) is 11.2 Å². The number of aliphatic carboxylic acids is 1. The van der Waals surface area contributed by atoms with Crippen LogP contribution in [0.4, 0.5) is 0 Å².